The number of nitrogens with one attached hydrogen (secondary N) is 1. The summed E-state index contributed by atoms with van der Waals surface area (Å²) in [4.78, 5) is 0. The molecule has 1 aromatic carbocycles. The van der Waals surface area contributed by atoms with Crippen LogP contribution in [-0.4, -0.2) is 13.7 Å². The van der Waals surface area contributed by atoms with Crippen LogP contribution in [0.3, 0.4) is 0 Å². The average Bonchev–Trinajstić information content (AvgIpc) is 2.46. The molecule has 0 spiro atoms. The molecule has 2 rings (SSSR count). The molecule has 1 aliphatic rings. The zero-order chi connectivity index (χ0) is 10.8. The smallest absolute Gasteiger partial charge is 0.144 e. The highest BCUT2D eigenvalue weighted by Gasteiger charge is 2.23. The summed E-state index contributed by atoms with van der Waals surface area (Å²) in [6.45, 7) is 0.700. The van der Waals surface area contributed by atoms with Crippen molar-refractivity contribution in [3.63, 3.8) is 0 Å². The molecule has 1 aromatic rings. The van der Waals surface area contributed by atoms with Gasteiger partial charge in [-0.2, -0.15) is 0 Å². The lowest BCUT2D eigenvalue weighted by Crippen LogP contribution is -2.16. The molecule has 0 saturated carbocycles. The molecule has 1 atom stereocenters. The van der Waals surface area contributed by atoms with Gasteiger partial charge in [0.1, 0.15) is 5.75 Å². The van der Waals surface area contributed by atoms with E-state index >= 15 is 0 Å². The maximum Gasteiger partial charge on any atom is 0.144 e. The van der Waals surface area contributed by atoms with Crippen molar-refractivity contribution >= 4 is 23.2 Å². The number of hydrogen-bond acceptors (Lipinski definition) is 2. The van der Waals surface area contributed by atoms with E-state index in [4.69, 9.17) is 27.9 Å². The minimum absolute atomic E-state index is 0.230. The van der Waals surface area contributed by atoms with Gasteiger partial charge >= 0.3 is 0 Å². The first-order valence-electron chi connectivity index (χ1n) is 5.02. The molecule has 0 saturated heterocycles. The second kappa shape index (κ2) is 4.60. The number of benzene rings is 1. The number of rotatable bonds is 1. The summed E-state index contributed by atoms with van der Waals surface area (Å²) < 4.78 is 5.64. The van der Waals surface area contributed by atoms with E-state index in [1.807, 2.05) is 13.1 Å². The lowest BCUT2D eigenvalue weighted by molar-refractivity contribution is 0.315. The largest absolute Gasteiger partial charge is 0.492 e. The zero-order valence-electron chi connectivity index (χ0n) is 8.52. The molecule has 4 heteroatoms. The van der Waals surface area contributed by atoms with Gasteiger partial charge in [-0.05, 0) is 32.0 Å². The summed E-state index contributed by atoms with van der Waals surface area (Å²) in [6, 6.07) is 3.83. The molecule has 1 N–H and O–H groups in total. The van der Waals surface area contributed by atoms with Crippen LogP contribution in [0.15, 0.2) is 12.1 Å². The summed E-state index contributed by atoms with van der Waals surface area (Å²) in [7, 11) is 1.93. The van der Waals surface area contributed by atoms with Crippen molar-refractivity contribution in [3.8, 4) is 5.75 Å². The van der Waals surface area contributed by atoms with Crippen molar-refractivity contribution in [2.75, 3.05) is 13.7 Å². The minimum atomic E-state index is 0.230. The van der Waals surface area contributed by atoms with Gasteiger partial charge in [-0.3, -0.25) is 0 Å². The summed E-state index contributed by atoms with van der Waals surface area (Å²) in [6.07, 6.45) is 2.02. The van der Waals surface area contributed by atoms with Gasteiger partial charge < -0.3 is 10.1 Å². The van der Waals surface area contributed by atoms with Gasteiger partial charge in [0.05, 0.1) is 11.6 Å². The monoisotopic (exact) mass is 245 g/mol. The fourth-order valence-electron chi connectivity index (χ4n) is 1.91. The Morgan fingerprint density at radius 2 is 2.07 bits per heavy atom. The highest BCUT2D eigenvalue weighted by atomic mass is 35.5. The molecule has 1 heterocycles. The van der Waals surface area contributed by atoms with Gasteiger partial charge in [0, 0.05) is 16.6 Å². The van der Waals surface area contributed by atoms with Gasteiger partial charge in [0.25, 0.3) is 0 Å². The molecule has 0 amide bonds. The fourth-order valence-corrected chi connectivity index (χ4v) is 2.41. The first kappa shape index (κ1) is 11.1. The molecule has 1 aliphatic heterocycles. The van der Waals surface area contributed by atoms with Crippen LogP contribution in [0.1, 0.15) is 24.4 Å². The van der Waals surface area contributed by atoms with E-state index in [1.54, 1.807) is 6.07 Å². The van der Waals surface area contributed by atoms with E-state index in [-0.39, 0.29) is 6.04 Å². The van der Waals surface area contributed by atoms with E-state index in [0.717, 1.165) is 29.2 Å². The Hall–Kier alpha value is -0.440. The maximum absolute atomic E-state index is 6.18. The Kier molecular flexibility index (Phi) is 3.39. The predicted octanol–water partition coefficient (Wildman–Crippen LogP) is 3.43. The van der Waals surface area contributed by atoms with Crippen molar-refractivity contribution in [1.82, 2.24) is 5.32 Å². The second-order valence-electron chi connectivity index (χ2n) is 3.60. The number of fused-ring (bicyclic) bond motifs is 1. The van der Waals surface area contributed by atoms with Crippen molar-refractivity contribution < 1.29 is 4.74 Å². The third-order valence-corrected chi connectivity index (χ3v) is 3.30. The topological polar surface area (TPSA) is 21.3 Å². The zero-order valence-corrected chi connectivity index (χ0v) is 10.0. The summed E-state index contributed by atoms with van der Waals surface area (Å²) >= 11 is 12.3. The Balaban J connectivity index is 2.54. The van der Waals surface area contributed by atoms with Crippen LogP contribution < -0.4 is 10.1 Å². The predicted molar refractivity (Wildman–Crippen MR) is 63.0 cm³/mol. The highest BCUT2D eigenvalue weighted by Crippen LogP contribution is 2.41. The van der Waals surface area contributed by atoms with Gasteiger partial charge in [0.15, 0.2) is 0 Å². The van der Waals surface area contributed by atoms with E-state index in [0.29, 0.717) is 11.6 Å². The van der Waals surface area contributed by atoms with E-state index in [2.05, 4.69) is 5.32 Å². The number of ether oxygens (including phenoxy) is 1. The van der Waals surface area contributed by atoms with Crippen molar-refractivity contribution in [1.29, 1.82) is 0 Å². The lowest BCUT2D eigenvalue weighted by atomic mass is 10.0. The molecule has 82 valence electrons. The Morgan fingerprint density at radius 3 is 2.80 bits per heavy atom. The van der Waals surface area contributed by atoms with Crippen LogP contribution in [0.5, 0.6) is 5.75 Å². The molecule has 15 heavy (non-hydrogen) atoms. The van der Waals surface area contributed by atoms with E-state index in [9.17, 15) is 0 Å². The molecular weight excluding hydrogens is 233 g/mol. The summed E-state index contributed by atoms with van der Waals surface area (Å²) in [5.41, 5.74) is 0.990. The standard InChI is InChI=1S/C11H13Cl2NO/c1-14-9-3-2-6-15-11-8(13)5-4-7(12)10(9)11/h4-5,9,14H,2-3,6H2,1H3. The third-order valence-electron chi connectivity index (χ3n) is 2.68. The Bertz CT molecular complexity index is 368. The minimum Gasteiger partial charge on any atom is -0.492 e. The second-order valence-corrected chi connectivity index (χ2v) is 4.42. The fraction of sp³-hybridized carbons (Fsp3) is 0.455. The molecule has 0 aliphatic carbocycles. The van der Waals surface area contributed by atoms with Crippen molar-refractivity contribution in [2.45, 2.75) is 18.9 Å². The lowest BCUT2D eigenvalue weighted by Gasteiger charge is -2.17. The molecule has 0 bridgehead atoms. The van der Waals surface area contributed by atoms with Gasteiger partial charge in [-0.1, -0.05) is 23.2 Å². The van der Waals surface area contributed by atoms with Gasteiger partial charge in [-0.25, -0.2) is 0 Å². The summed E-state index contributed by atoms with van der Waals surface area (Å²) in [5.74, 6) is 0.737. The van der Waals surface area contributed by atoms with Crippen LogP contribution in [0.4, 0.5) is 0 Å². The molecule has 0 fully saturated rings. The number of halogens is 2. The van der Waals surface area contributed by atoms with Crippen molar-refractivity contribution in [3.05, 3.63) is 27.7 Å². The van der Waals surface area contributed by atoms with Crippen LogP contribution >= 0.6 is 23.2 Å². The van der Waals surface area contributed by atoms with Gasteiger partial charge in [0.2, 0.25) is 0 Å². The molecular formula is C11H13Cl2NO. The van der Waals surface area contributed by atoms with E-state index in [1.165, 1.54) is 0 Å². The van der Waals surface area contributed by atoms with Crippen molar-refractivity contribution in [2.24, 2.45) is 0 Å². The first-order valence-corrected chi connectivity index (χ1v) is 5.77. The maximum atomic E-state index is 6.18. The molecule has 1 unspecified atom stereocenters. The molecule has 2 nitrogen and oxygen atoms in total. The Morgan fingerprint density at radius 1 is 1.33 bits per heavy atom. The third kappa shape index (κ3) is 2.07. The summed E-state index contributed by atoms with van der Waals surface area (Å²) in [5, 5.41) is 4.60. The normalized spacial score (nSPS) is 20.3. The number of hydrogen-bond donors (Lipinski definition) is 1. The SMILES string of the molecule is CNC1CCCOc2c(Cl)ccc(Cl)c21. The molecule has 0 aromatic heterocycles. The average molecular weight is 246 g/mol. The van der Waals surface area contributed by atoms with Crippen LogP contribution in [0, 0.1) is 0 Å². The van der Waals surface area contributed by atoms with Crippen LogP contribution in [-0.2, 0) is 0 Å². The Labute approximate surface area is 99.5 Å². The first-order chi connectivity index (χ1) is 7.24. The van der Waals surface area contributed by atoms with Gasteiger partial charge in [-0.15, -0.1) is 0 Å². The van der Waals surface area contributed by atoms with Crippen LogP contribution in [0.2, 0.25) is 10.0 Å². The quantitative estimate of drug-likeness (QED) is 0.819. The van der Waals surface area contributed by atoms with E-state index < -0.39 is 0 Å². The van der Waals surface area contributed by atoms with Crippen LogP contribution in [0.25, 0.3) is 0 Å². The molecule has 0 radical (unpaired) electrons. The highest BCUT2D eigenvalue weighted by molar-refractivity contribution is 6.35.